The Morgan fingerprint density at radius 1 is 1.50 bits per heavy atom. The second kappa shape index (κ2) is 5.07. The molecule has 0 aromatic carbocycles. The molecule has 1 aromatic heterocycles. The average Bonchev–Trinajstić information content (AvgIpc) is 2.57. The Bertz CT molecular complexity index is 575. The molecule has 1 atom stereocenters. The van der Waals surface area contributed by atoms with Gasteiger partial charge in [-0.05, 0) is 24.6 Å². The SMILES string of the molecule is CCOc1nc(Cl)nc(NC2C=CS(=O)(=O)C2)n1. The van der Waals surface area contributed by atoms with Crippen LogP contribution in [0.25, 0.3) is 0 Å². The molecule has 0 spiro atoms. The minimum atomic E-state index is -3.12. The van der Waals surface area contributed by atoms with E-state index in [1.54, 1.807) is 6.92 Å². The van der Waals surface area contributed by atoms with Crippen molar-refractivity contribution in [3.63, 3.8) is 0 Å². The number of aromatic nitrogens is 3. The number of sulfone groups is 1. The predicted octanol–water partition coefficient (Wildman–Crippen LogP) is 0.646. The fraction of sp³-hybridized carbons (Fsp3) is 0.444. The lowest BCUT2D eigenvalue weighted by Crippen LogP contribution is -2.22. The van der Waals surface area contributed by atoms with E-state index in [0.29, 0.717) is 6.61 Å². The van der Waals surface area contributed by atoms with Crippen LogP contribution >= 0.6 is 11.6 Å². The Kier molecular flexibility index (Phi) is 3.67. The summed E-state index contributed by atoms with van der Waals surface area (Å²) in [5, 5.41) is 3.99. The molecule has 0 saturated heterocycles. The Hall–Kier alpha value is -1.41. The monoisotopic (exact) mass is 290 g/mol. The molecule has 1 aromatic rings. The molecule has 1 aliphatic rings. The molecule has 2 rings (SSSR count). The van der Waals surface area contributed by atoms with Gasteiger partial charge in [-0.3, -0.25) is 0 Å². The molecule has 18 heavy (non-hydrogen) atoms. The highest BCUT2D eigenvalue weighted by molar-refractivity contribution is 7.94. The van der Waals surface area contributed by atoms with Gasteiger partial charge in [0.25, 0.3) is 0 Å². The Morgan fingerprint density at radius 3 is 2.89 bits per heavy atom. The number of hydrogen-bond acceptors (Lipinski definition) is 7. The third kappa shape index (κ3) is 3.30. The highest BCUT2D eigenvalue weighted by atomic mass is 35.5. The quantitative estimate of drug-likeness (QED) is 0.870. The molecule has 0 bridgehead atoms. The summed E-state index contributed by atoms with van der Waals surface area (Å²) in [6.07, 6.45) is 1.54. The molecule has 0 aliphatic carbocycles. The second-order valence-electron chi connectivity index (χ2n) is 3.55. The van der Waals surface area contributed by atoms with Gasteiger partial charge in [0.15, 0.2) is 9.84 Å². The first-order valence-electron chi connectivity index (χ1n) is 5.20. The lowest BCUT2D eigenvalue weighted by atomic mass is 10.3. The van der Waals surface area contributed by atoms with Crippen LogP contribution in [0.4, 0.5) is 5.95 Å². The van der Waals surface area contributed by atoms with Gasteiger partial charge in [-0.25, -0.2) is 8.42 Å². The number of rotatable bonds is 4. The van der Waals surface area contributed by atoms with Gasteiger partial charge in [0.2, 0.25) is 11.2 Å². The molecule has 9 heteroatoms. The average molecular weight is 291 g/mol. The van der Waals surface area contributed by atoms with Crippen LogP contribution < -0.4 is 10.1 Å². The fourth-order valence-corrected chi connectivity index (χ4v) is 2.81. The first-order valence-corrected chi connectivity index (χ1v) is 7.30. The standard InChI is InChI=1S/C9H11ClN4O3S/c1-2-17-9-13-7(10)12-8(14-9)11-6-3-4-18(15,16)5-6/h3-4,6H,2,5H2,1H3,(H,11,12,13,14). The maximum absolute atomic E-state index is 11.2. The summed E-state index contributed by atoms with van der Waals surface area (Å²) in [7, 11) is -3.12. The van der Waals surface area contributed by atoms with Gasteiger partial charge >= 0.3 is 6.01 Å². The molecule has 0 amide bonds. The minimum absolute atomic E-state index is 0.0132. The Balaban J connectivity index is 2.12. The van der Waals surface area contributed by atoms with Crippen LogP contribution in [-0.2, 0) is 9.84 Å². The summed E-state index contributed by atoms with van der Waals surface area (Å²) in [4.78, 5) is 11.6. The van der Waals surface area contributed by atoms with Gasteiger partial charge in [-0.2, -0.15) is 15.0 Å². The summed E-state index contributed by atoms with van der Waals surface area (Å²) >= 11 is 5.71. The van der Waals surface area contributed by atoms with Crippen molar-refractivity contribution in [1.29, 1.82) is 0 Å². The molecule has 1 aliphatic heterocycles. The summed E-state index contributed by atoms with van der Waals surface area (Å²) in [6.45, 7) is 2.19. The van der Waals surface area contributed by atoms with Gasteiger partial charge in [0.05, 0.1) is 18.4 Å². The molecular weight excluding hydrogens is 280 g/mol. The molecular formula is C9H11ClN4O3S. The van der Waals surface area contributed by atoms with E-state index in [2.05, 4.69) is 20.3 Å². The maximum Gasteiger partial charge on any atom is 0.322 e. The summed E-state index contributed by atoms with van der Waals surface area (Å²) in [5.74, 6) is 0.158. The Morgan fingerprint density at radius 2 is 2.28 bits per heavy atom. The maximum atomic E-state index is 11.2. The number of nitrogens with one attached hydrogen (secondary N) is 1. The molecule has 98 valence electrons. The van der Waals surface area contributed by atoms with E-state index in [0.717, 1.165) is 5.41 Å². The molecule has 1 N–H and O–H groups in total. The lowest BCUT2D eigenvalue weighted by Gasteiger charge is -2.10. The summed E-state index contributed by atoms with van der Waals surface area (Å²) in [5.41, 5.74) is 0. The number of nitrogens with zero attached hydrogens (tertiary/aromatic N) is 3. The third-order valence-corrected chi connectivity index (χ3v) is 3.67. The first kappa shape index (κ1) is 13.0. The van der Waals surface area contributed by atoms with Crippen molar-refractivity contribution in [3.8, 4) is 6.01 Å². The predicted molar refractivity (Wildman–Crippen MR) is 66.3 cm³/mol. The van der Waals surface area contributed by atoms with Crippen molar-refractivity contribution >= 4 is 27.4 Å². The van der Waals surface area contributed by atoms with E-state index in [1.807, 2.05) is 0 Å². The van der Waals surface area contributed by atoms with Gasteiger partial charge in [-0.15, -0.1) is 0 Å². The fourth-order valence-electron chi connectivity index (χ4n) is 1.42. The van der Waals surface area contributed by atoms with Gasteiger partial charge in [-0.1, -0.05) is 0 Å². The number of halogens is 1. The topological polar surface area (TPSA) is 94.1 Å². The highest BCUT2D eigenvalue weighted by Crippen LogP contribution is 2.15. The normalized spacial score (nSPS) is 20.9. The Labute approximate surface area is 109 Å². The van der Waals surface area contributed by atoms with E-state index in [4.69, 9.17) is 16.3 Å². The van der Waals surface area contributed by atoms with Crippen molar-refractivity contribution in [1.82, 2.24) is 15.0 Å². The summed E-state index contributed by atoms with van der Waals surface area (Å²) in [6, 6.07) is -0.271. The zero-order chi connectivity index (χ0) is 13.2. The lowest BCUT2D eigenvalue weighted by molar-refractivity contribution is 0.312. The first-order chi connectivity index (χ1) is 8.48. The van der Waals surface area contributed by atoms with Crippen LogP contribution in [0.2, 0.25) is 5.28 Å². The van der Waals surface area contributed by atoms with Crippen LogP contribution in [0.5, 0.6) is 6.01 Å². The van der Waals surface area contributed by atoms with Crippen LogP contribution in [0, 0.1) is 0 Å². The molecule has 7 nitrogen and oxygen atoms in total. The van der Waals surface area contributed by atoms with Crippen LogP contribution in [0.3, 0.4) is 0 Å². The zero-order valence-corrected chi connectivity index (χ0v) is 11.1. The van der Waals surface area contributed by atoms with E-state index < -0.39 is 9.84 Å². The zero-order valence-electron chi connectivity index (χ0n) is 9.50. The molecule has 0 saturated carbocycles. The second-order valence-corrected chi connectivity index (χ2v) is 5.82. The van der Waals surface area contributed by atoms with Crippen LogP contribution in [0.1, 0.15) is 6.92 Å². The molecule has 1 unspecified atom stereocenters. The minimum Gasteiger partial charge on any atom is -0.464 e. The largest absolute Gasteiger partial charge is 0.464 e. The van der Waals surface area contributed by atoms with Crippen molar-refractivity contribution in [2.24, 2.45) is 0 Å². The molecule has 0 fully saturated rings. The smallest absolute Gasteiger partial charge is 0.322 e. The van der Waals surface area contributed by atoms with E-state index in [9.17, 15) is 8.42 Å². The summed E-state index contributed by atoms with van der Waals surface area (Å²) < 4.78 is 27.6. The highest BCUT2D eigenvalue weighted by Gasteiger charge is 2.22. The van der Waals surface area contributed by atoms with Crippen LogP contribution in [0.15, 0.2) is 11.5 Å². The van der Waals surface area contributed by atoms with Crippen LogP contribution in [-0.4, -0.2) is 41.8 Å². The van der Waals surface area contributed by atoms with E-state index in [-0.39, 0.29) is 29.0 Å². The van der Waals surface area contributed by atoms with Gasteiger partial charge in [0, 0.05) is 5.41 Å². The van der Waals surface area contributed by atoms with E-state index in [1.165, 1.54) is 6.08 Å². The third-order valence-electron chi connectivity index (χ3n) is 2.11. The number of anilines is 1. The van der Waals surface area contributed by atoms with Crippen molar-refractivity contribution in [2.75, 3.05) is 17.7 Å². The van der Waals surface area contributed by atoms with Gasteiger partial charge < -0.3 is 10.1 Å². The van der Waals surface area contributed by atoms with E-state index >= 15 is 0 Å². The van der Waals surface area contributed by atoms with Crippen molar-refractivity contribution in [2.45, 2.75) is 13.0 Å². The van der Waals surface area contributed by atoms with Crippen molar-refractivity contribution < 1.29 is 13.2 Å². The van der Waals surface area contributed by atoms with Gasteiger partial charge in [0.1, 0.15) is 0 Å². The van der Waals surface area contributed by atoms with Crippen molar-refractivity contribution in [3.05, 3.63) is 16.8 Å². The number of hydrogen-bond donors (Lipinski definition) is 1. The molecule has 2 heterocycles. The number of ether oxygens (including phenoxy) is 1. The molecule has 0 radical (unpaired) electrons.